The zero-order valence-corrected chi connectivity index (χ0v) is 10.9. The number of rotatable bonds is 2. The number of aromatic nitrogens is 1. The molecule has 2 aromatic heterocycles. The third-order valence-corrected chi connectivity index (χ3v) is 4.09. The van der Waals surface area contributed by atoms with Gasteiger partial charge < -0.3 is 9.42 Å². The number of thiophene rings is 1. The van der Waals surface area contributed by atoms with Gasteiger partial charge in [-0.1, -0.05) is 11.2 Å². The van der Waals surface area contributed by atoms with Crippen molar-refractivity contribution >= 4 is 17.2 Å². The Morgan fingerprint density at radius 2 is 2.50 bits per heavy atom. The highest BCUT2D eigenvalue weighted by atomic mass is 32.1. The fraction of sp³-hybridized carbons (Fsp3) is 0.385. The molecule has 18 heavy (non-hydrogen) atoms. The molecule has 0 unspecified atom stereocenters. The van der Waals surface area contributed by atoms with Crippen LogP contribution in [-0.2, 0) is 0 Å². The minimum atomic E-state index is 0.0667. The number of amides is 1. The quantitative estimate of drug-likeness (QED) is 0.835. The first-order valence-corrected chi connectivity index (χ1v) is 6.91. The largest absolute Gasteiger partial charge is 0.361 e. The van der Waals surface area contributed by atoms with Crippen LogP contribution in [0.4, 0.5) is 0 Å². The fourth-order valence-corrected chi connectivity index (χ4v) is 3.08. The number of carbonyl (C=O) groups is 1. The molecule has 1 saturated heterocycles. The topological polar surface area (TPSA) is 46.3 Å². The van der Waals surface area contributed by atoms with E-state index < -0.39 is 0 Å². The second-order valence-electron chi connectivity index (χ2n) is 4.50. The Balaban J connectivity index is 1.85. The summed E-state index contributed by atoms with van der Waals surface area (Å²) < 4.78 is 5.11. The summed E-state index contributed by atoms with van der Waals surface area (Å²) in [5, 5.41) is 5.98. The van der Waals surface area contributed by atoms with Crippen LogP contribution in [0.3, 0.4) is 0 Å². The fourth-order valence-electron chi connectivity index (χ4n) is 2.40. The Kier molecular flexibility index (Phi) is 2.91. The molecule has 94 valence electrons. The van der Waals surface area contributed by atoms with Crippen LogP contribution >= 0.6 is 11.3 Å². The molecular formula is C13H14N2O2S. The van der Waals surface area contributed by atoms with Gasteiger partial charge in [-0.05, 0) is 31.2 Å². The lowest BCUT2D eigenvalue weighted by atomic mass is 10.1. The van der Waals surface area contributed by atoms with Crippen LogP contribution < -0.4 is 0 Å². The zero-order chi connectivity index (χ0) is 12.5. The molecule has 1 amide bonds. The molecule has 1 atom stereocenters. The Bertz CT molecular complexity index is 547. The van der Waals surface area contributed by atoms with Crippen molar-refractivity contribution in [2.75, 3.05) is 6.54 Å². The number of aryl methyl sites for hydroxylation is 1. The normalized spacial score (nSPS) is 19.4. The first-order chi connectivity index (χ1) is 8.75. The van der Waals surface area contributed by atoms with E-state index >= 15 is 0 Å². The van der Waals surface area contributed by atoms with Gasteiger partial charge in [-0.2, -0.15) is 0 Å². The predicted molar refractivity (Wildman–Crippen MR) is 68.6 cm³/mol. The highest BCUT2D eigenvalue weighted by molar-refractivity contribution is 7.12. The van der Waals surface area contributed by atoms with Crippen molar-refractivity contribution in [1.82, 2.24) is 10.1 Å². The van der Waals surface area contributed by atoms with Gasteiger partial charge in [-0.15, -0.1) is 11.3 Å². The summed E-state index contributed by atoms with van der Waals surface area (Å²) in [6, 6.07) is 5.77. The van der Waals surface area contributed by atoms with E-state index in [1.54, 1.807) is 0 Å². The Hall–Kier alpha value is -1.62. The number of nitrogens with zero attached hydrogens (tertiary/aromatic N) is 2. The van der Waals surface area contributed by atoms with Gasteiger partial charge in [0.05, 0.1) is 10.9 Å². The van der Waals surface area contributed by atoms with E-state index in [-0.39, 0.29) is 11.9 Å². The van der Waals surface area contributed by atoms with Crippen LogP contribution in [-0.4, -0.2) is 22.5 Å². The molecule has 1 aliphatic rings. The van der Waals surface area contributed by atoms with Gasteiger partial charge in [0.1, 0.15) is 11.5 Å². The summed E-state index contributed by atoms with van der Waals surface area (Å²) >= 11 is 1.49. The third kappa shape index (κ3) is 1.95. The maximum absolute atomic E-state index is 12.4. The molecule has 0 aromatic carbocycles. The van der Waals surface area contributed by atoms with Crippen molar-refractivity contribution in [2.45, 2.75) is 25.8 Å². The summed E-state index contributed by atoms with van der Waals surface area (Å²) in [4.78, 5) is 15.1. The molecule has 5 heteroatoms. The van der Waals surface area contributed by atoms with Gasteiger partial charge in [-0.25, -0.2) is 0 Å². The zero-order valence-electron chi connectivity index (χ0n) is 10.1. The lowest BCUT2D eigenvalue weighted by Gasteiger charge is -2.22. The van der Waals surface area contributed by atoms with E-state index in [2.05, 4.69) is 5.16 Å². The molecule has 0 spiro atoms. The van der Waals surface area contributed by atoms with E-state index in [4.69, 9.17) is 4.52 Å². The van der Waals surface area contributed by atoms with Crippen molar-refractivity contribution in [3.05, 3.63) is 39.9 Å². The van der Waals surface area contributed by atoms with Crippen LogP contribution in [0.2, 0.25) is 0 Å². The molecule has 3 heterocycles. The molecular weight excluding hydrogens is 248 g/mol. The highest BCUT2D eigenvalue weighted by Crippen LogP contribution is 2.33. The van der Waals surface area contributed by atoms with Crippen LogP contribution in [0.25, 0.3) is 0 Å². The van der Waals surface area contributed by atoms with Gasteiger partial charge in [0.25, 0.3) is 5.91 Å². The lowest BCUT2D eigenvalue weighted by molar-refractivity contribution is 0.0736. The second-order valence-corrected chi connectivity index (χ2v) is 5.44. The smallest absolute Gasteiger partial charge is 0.264 e. The van der Waals surface area contributed by atoms with Gasteiger partial charge in [0, 0.05) is 12.6 Å². The number of hydrogen-bond donors (Lipinski definition) is 0. The van der Waals surface area contributed by atoms with Crippen molar-refractivity contribution in [1.29, 1.82) is 0 Å². The summed E-state index contributed by atoms with van der Waals surface area (Å²) in [6.07, 6.45) is 1.98. The Morgan fingerprint density at radius 1 is 1.61 bits per heavy atom. The van der Waals surface area contributed by atoms with Crippen LogP contribution in [0.15, 0.2) is 28.1 Å². The number of carbonyl (C=O) groups excluding carboxylic acids is 1. The van der Waals surface area contributed by atoms with Crippen molar-refractivity contribution in [3.63, 3.8) is 0 Å². The molecule has 0 radical (unpaired) electrons. The first-order valence-electron chi connectivity index (χ1n) is 6.03. The average molecular weight is 262 g/mol. The van der Waals surface area contributed by atoms with Gasteiger partial charge >= 0.3 is 0 Å². The lowest BCUT2D eigenvalue weighted by Crippen LogP contribution is -2.30. The van der Waals surface area contributed by atoms with Crippen molar-refractivity contribution in [2.24, 2.45) is 0 Å². The first kappa shape index (κ1) is 11.5. The maximum Gasteiger partial charge on any atom is 0.264 e. The molecule has 0 N–H and O–H groups in total. The van der Waals surface area contributed by atoms with E-state index in [1.807, 2.05) is 35.4 Å². The molecule has 1 fully saturated rings. The summed E-state index contributed by atoms with van der Waals surface area (Å²) in [5.74, 6) is 0.897. The standard InChI is InChI=1S/C13H14N2O2S/c1-9-8-10(14-17-9)11-4-2-6-15(11)13(16)12-5-3-7-18-12/h3,5,7-8,11H,2,4,6H2,1H3/t11-/m0/s1. The molecule has 1 aliphatic heterocycles. The third-order valence-electron chi connectivity index (χ3n) is 3.23. The summed E-state index contributed by atoms with van der Waals surface area (Å²) in [5.41, 5.74) is 0.870. The average Bonchev–Trinajstić information content (AvgIpc) is 3.09. The van der Waals surface area contributed by atoms with Crippen molar-refractivity contribution in [3.8, 4) is 0 Å². The minimum Gasteiger partial charge on any atom is -0.361 e. The van der Waals surface area contributed by atoms with Crippen LogP contribution in [0.5, 0.6) is 0 Å². The Labute approximate surface area is 109 Å². The molecule has 0 bridgehead atoms. The van der Waals surface area contributed by atoms with Gasteiger partial charge in [-0.3, -0.25) is 4.79 Å². The number of likely N-dealkylation sites (tertiary alicyclic amines) is 1. The molecule has 0 aliphatic carbocycles. The molecule has 3 rings (SSSR count). The van der Waals surface area contributed by atoms with E-state index in [9.17, 15) is 4.79 Å². The van der Waals surface area contributed by atoms with E-state index in [0.717, 1.165) is 35.7 Å². The predicted octanol–water partition coefficient (Wildman–Crippen LogP) is 3.02. The highest BCUT2D eigenvalue weighted by Gasteiger charge is 2.32. The second kappa shape index (κ2) is 4.57. The Morgan fingerprint density at radius 3 is 3.17 bits per heavy atom. The van der Waals surface area contributed by atoms with Crippen LogP contribution in [0.1, 0.15) is 40.0 Å². The van der Waals surface area contributed by atoms with E-state index in [1.165, 1.54) is 11.3 Å². The van der Waals surface area contributed by atoms with Gasteiger partial charge in [0.2, 0.25) is 0 Å². The number of hydrogen-bond acceptors (Lipinski definition) is 4. The van der Waals surface area contributed by atoms with Crippen molar-refractivity contribution < 1.29 is 9.32 Å². The molecule has 2 aromatic rings. The van der Waals surface area contributed by atoms with Crippen LogP contribution in [0, 0.1) is 6.92 Å². The SMILES string of the molecule is Cc1cc([C@@H]2CCCN2C(=O)c2cccs2)no1. The van der Waals surface area contributed by atoms with Gasteiger partial charge in [0.15, 0.2) is 0 Å². The molecule has 4 nitrogen and oxygen atoms in total. The monoisotopic (exact) mass is 262 g/mol. The summed E-state index contributed by atoms with van der Waals surface area (Å²) in [6.45, 7) is 2.67. The minimum absolute atomic E-state index is 0.0667. The van der Waals surface area contributed by atoms with E-state index in [0.29, 0.717) is 0 Å². The summed E-state index contributed by atoms with van der Waals surface area (Å²) in [7, 11) is 0. The molecule has 0 saturated carbocycles. The maximum atomic E-state index is 12.4.